The number of hydrogen-bond donors (Lipinski definition) is 1. The number of ether oxygens (including phenoxy) is 1. The van der Waals surface area contributed by atoms with E-state index in [0.29, 0.717) is 6.04 Å². The Morgan fingerprint density at radius 2 is 2.00 bits per heavy atom. The molecule has 0 unspecified atom stereocenters. The van der Waals surface area contributed by atoms with Crippen LogP contribution in [-0.4, -0.2) is 19.3 Å². The van der Waals surface area contributed by atoms with E-state index in [4.69, 9.17) is 10.5 Å². The highest BCUT2D eigenvalue weighted by molar-refractivity contribution is 4.58. The molecule has 0 radical (unpaired) electrons. The molecule has 62 valence electrons. The minimum atomic E-state index is 0.344. The molecule has 0 spiro atoms. The summed E-state index contributed by atoms with van der Waals surface area (Å²) in [6.45, 7) is 5.78. The Morgan fingerprint density at radius 3 is 2.50 bits per heavy atom. The Labute approximate surface area is 63.7 Å². The van der Waals surface area contributed by atoms with Gasteiger partial charge in [0.1, 0.15) is 0 Å². The van der Waals surface area contributed by atoms with Crippen LogP contribution in [0.2, 0.25) is 0 Å². The molecule has 0 amide bonds. The van der Waals surface area contributed by atoms with Gasteiger partial charge in [0.15, 0.2) is 0 Å². The summed E-state index contributed by atoms with van der Waals surface area (Å²) in [6.07, 6.45) is 3.29. The van der Waals surface area contributed by atoms with Gasteiger partial charge in [0.05, 0.1) is 0 Å². The van der Waals surface area contributed by atoms with Gasteiger partial charge in [-0.3, -0.25) is 0 Å². The number of hydrogen-bond acceptors (Lipinski definition) is 2. The molecule has 0 aromatic carbocycles. The molecule has 0 aliphatic rings. The summed E-state index contributed by atoms with van der Waals surface area (Å²) in [5.41, 5.74) is 5.74. The topological polar surface area (TPSA) is 35.2 Å². The van der Waals surface area contributed by atoms with Crippen molar-refractivity contribution in [3.05, 3.63) is 0 Å². The molecule has 0 aliphatic heterocycles. The Bertz CT molecular complexity index is 66.3. The van der Waals surface area contributed by atoms with Crippen LogP contribution in [0.15, 0.2) is 0 Å². The maximum absolute atomic E-state index is 5.74. The van der Waals surface area contributed by atoms with Gasteiger partial charge in [0, 0.05) is 19.3 Å². The van der Waals surface area contributed by atoms with Crippen LogP contribution in [0.1, 0.15) is 33.1 Å². The van der Waals surface area contributed by atoms with Gasteiger partial charge in [-0.2, -0.15) is 0 Å². The smallest absolute Gasteiger partial charge is 0.0480 e. The molecule has 2 nitrogen and oxygen atoms in total. The monoisotopic (exact) mass is 145 g/mol. The third kappa shape index (κ3) is 6.05. The highest BCUT2D eigenvalue weighted by atomic mass is 16.5. The number of nitrogens with two attached hydrogens (primary N) is 1. The normalized spacial score (nSPS) is 13.5. The lowest BCUT2D eigenvalue weighted by Gasteiger charge is -2.08. The van der Waals surface area contributed by atoms with E-state index in [1.165, 1.54) is 6.42 Å². The number of rotatable bonds is 6. The molecule has 0 fully saturated rings. The minimum absolute atomic E-state index is 0.344. The highest BCUT2D eigenvalue weighted by Crippen LogP contribution is 1.97. The van der Waals surface area contributed by atoms with E-state index in [1.54, 1.807) is 0 Å². The van der Waals surface area contributed by atoms with Crippen molar-refractivity contribution in [3.8, 4) is 0 Å². The molecule has 2 heteroatoms. The summed E-state index contributed by atoms with van der Waals surface area (Å²) >= 11 is 0. The second-order valence-corrected chi connectivity index (χ2v) is 2.53. The predicted octanol–water partition coefficient (Wildman–Crippen LogP) is 1.54. The first-order chi connectivity index (χ1) is 4.81. The van der Waals surface area contributed by atoms with Crippen LogP contribution < -0.4 is 5.73 Å². The molecule has 0 heterocycles. The summed E-state index contributed by atoms with van der Waals surface area (Å²) < 4.78 is 5.17. The minimum Gasteiger partial charge on any atom is -0.382 e. The van der Waals surface area contributed by atoms with Crippen molar-refractivity contribution in [2.24, 2.45) is 5.73 Å². The fraction of sp³-hybridized carbons (Fsp3) is 1.00. The Morgan fingerprint density at radius 1 is 1.30 bits per heavy atom. The van der Waals surface area contributed by atoms with Crippen LogP contribution in [-0.2, 0) is 4.74 Å². The van der Waals surface area contributed by atoms with Crippen molar-refractivity contribution >= 4 is 0 Å². The van der Waals surface area contributed by atoms with Crippen LogP contribution in [0.4, 0.5) is 0 Å². The van der Waals surface area contributed by atoms with Crippen molar-refractivity contribution < 1.29 is 4.74 Å². The molecule has 0 aromatic heterocycles. The van der Waals surface area contributed by atoms with Crippen LogP contribution in [0, 0.1) is 0 Å². The second kappa shape index (κ2) is 7.03. The van der Waals surface area contributed by atoms with Gasteiger partial charge in [-0.05, 0) is 19.8 Å². The summed E-state index contributed by atoms with van der Waals surface area (Å²) in [5.74, 6) is 0. The summed E-state index contributed by atoms with van der Waals surface area (Å²) in [7, 11) is 0. The molecular weight excluding hydrogens is 126 g/mol. The molecule has 0 bridgehead atoms. The fourth-order valence-corrected chi connectivity index (χ4v) is 0.894. The van der Waals surface area contributed by atoms with Crippen molar-refractivity contribution in [1.82, 2.24) is 0 Å². The summed E-state index contributed by atoms with van der Waals surface area (Å²) in [4.78, 5) is 0. The first kappa shape index (κ1) is 9.92. The third-order valence-corrected chi connectivity index (χ3v) is 1.50. The van der Waals surface area contributed by atoms with Gasteiger partial charge in [0.2, 0.25) is 0 Å². The van der Waals surface area contributed by atoms with Gasteiger partial charge >= 0.3 is 0 Å². The predicted molar refractivity (Wildman–Crippen MR) is 44.0 cm³/mol. The first-order valence-electron chi connectivity index (χ1n) is 4.14. The van der Waals surface area contributed by atoms with Gasteiger partial charge in [-0.25, -0.2) is 0 Å². The average Bonchev–Trinajstić information content (AvgIpc) is 1.89. The molecule has 0 aromatic rings. The Balaban J connectivity index is 2.97. The van der Waals surface area contributed by atoms with Crippen LogP contribution in [0.5, 0.6) is 0 Å². The van der Waals surface area contributed by atoms with Gasteiger partial charge in [0.25, 0.3) is 0 Å². The van der Waals surface area contributed by atoms with Crippen molar-refractivity contribution in [1.29, 1.82) is 0 Å². The molecular formula is C8H19NO. The van der Waals surface area contributed by atoms with Gasteiger partial charge in [-0.15, -0.1) is 0 Å². The van der Waals surface area contributed by atoms with Gasteiger partial charge in [-0.1, -0.05) is 13.3 Å². The maximum atomic E-state index is 5.74. The zero-order chi connectivity index (χ0) is 7.82. The zero-order valence-corrected chi connectivity index (χ0v) is 7.10. The van der Waals surface area contributed by atoms with E-state index < -0.39 is 0 Å². The lowest BCUT2D eigenvalue weighted by molar-refractivity contribution is 0.139. The van der Waals surface area contributed by atoms with E-state index >= 15 is 0 Å². The van der Waals surface area contributed by atoms with Crippen molar-refractivity contribution in [2.45, 2.75) is 39.2 Å². The highest BCUT2D eigenvalue weighted by Gasteiger charge is 1.98. The Hall–Kier alpha value is -0.0800. The maximum Gasteiger partial charge on any atom is 0.0480 e. The molecule has 1 atom stereocenters. The van der Waals surface area contributed by atoms with E-state index in [-0.39, 0.29) is 0 Å². The van der Waals surface area contributed by atoms with E-state index in [1.807, 2.05) is 6.92 Å². The lowest BCUT2D eigenvalue weighted by Crippen LogP contribution is -2.21. The third-order valence-electron chi connectivity index (χ3n) is 1.50. The van der Waals surface area contributed by atoms with Crippen molar-refractivity contribution in [2.75, 3.05) is 13.2 Å². The fourth-order valence-electron chi connectivity index (χ4n) is 0.894. The molecule has 0 aliphatic carbocycles. The standard InChI is InChI=1S/C8H19NO/c1-3-5-8(9)6-7-10-4-2/h8H,3-7,9H2,1-2H3/t8-/m0/s1. The quantitative estimate of drug-likeness (QED) is 0.575. The van der Waals surface area contributed by atoms with E-state index in [2.05, 4.69) is 6.92 Å². The zero-order valence-electron chi connectivity index (χ0n) is 7.10. The van der Waals surface area contributed by atoms with Crippen LogP contribution in [0.3, 0.4) is 0 Å². The first-order valence-corrected chi connectivity index (χ1v) is 4.14. The SMILES string of the molecule is CCC[C@H](N)CCOCC. The average molecular weight is 145 g/mol. The molecule has 10 heavy (non-hydrogen) atoms. The van der Waals surface area contributed by atoms with Crippen LogP contribution in [0.25, 0.3) is 0 Å². The lowest BCUT2D eigenvalue weighted by atomic mass is 10.1. The van der Waals surface area contributed by atoms with Crippen molar-refractivity contribution in [3.63, 3.8) is 0 Å². The molecule has 0 saturated carbocycles. The summed E-state index contributed by atoms with van der Waals surface area (Å²) in [5, 5.41) is 0. The summed E-state index contributed by atoms with van der Waals surface area (Å²) in [6, 6.07) is 0.344. The second-order valence-electron chi connectivity index (χ2n) is 2.53. The van der Waals surface area contributed by atoms with Gasteiger partial charge < -0.3 is 10.5 Å². The molecule has 0 rings (SSSR count). The molecule has 0 saturated heterocycles. The largest absolute Gasteiger partial charge is 0.382 e. The molecule has 2 N–H and O–H groups in total. The van der Waals surface area contributed by atoms with E-state index in [0.717, 1.165) is 26.1 Å². The Kier molecular flexibility index (Phi) is 6.98. The van der Waals surface area contributed by atoms with E-state index in [9.17, 15) is 0 Å². The van der Waals surface area contributed by atoms with Crippen LogP contribution >= 0.6 is 0 Å².